The number of rotatable bonds is 8. The summed E-state index contributed by atoms with van der Waals surface area (Å²) in [5.41, 5.74) is 2.89. The van der Waals surface area contributed by atoms with Crippen LogP contribution >= 0.6 is 0 Å². The summed E-state index contributed by atoms with van der Waals surface area (Å²) in [4.78, 5) is 26.0. The summed E-state index contributed by atoms with van der Waals surface area (Å²) in [5, 5.41) is 5.92. The van der Waals surface area contributed by atoms with Crippen molar-refractivity contribution in [3.8, 4) is 5.75 Å². The third kappa shape index (κ3) is 5.85. The van der Waals surface area contributed by atoms with E-state index in [1.165, 1.54) is 4.90 Å². The Morgan fingerprint density at radius 3 is 2.40 bits per heavy atom. The van der Waals surface area contributed by atoms with Gasteiger partial charge in [0.25, 0.3) is 5.91 Å². The lowest BCUT2D eigenvalue weighted by atomic mass is 10.2. The van der Waals surface area contributed by atoms with Gasteiger partial charge in [0.1, 0.15) is 12.4 Å². The van der Waals surface area contributed by atoms with Crippen LogP contribution in [0.15, 0.2) is 78.9 Å². The molecule has 2 amide bonds. The number of nitrogens with zero attached hydrogens (tertiary/aromatic N) is 1. The van der Waals surface area contributed by atoms with E-state index >= 15 is 0 Å². The Bertz CT molecular complexity index is 1000. The van der Waals surface area contributed by atoms with E-state index < -0.39 is 0 Å². The second-order valence-electron chi connectivity index (χ2n) is 6.95. The van der Waals surface area contributed by atoms with Gasteiger partial charge in [-0.15, -0.1) is 0 Å². The van der Waals surface area contributed by atoms with Crippen LogP contribution in [0.3, 0.4) is 0 Å². The van der Waals surface area contributed by atoms with Crippen molar-refractivity contribution in [2.45, 2.75) is 6.61 Å². The molecule has 0 aliphatic heterocycles. The van der Waals surface area contributed by atoms with Gasteiger partial charge in [0.15, 0.2) is 0 Å². The molecule has 0 spiro atoms. The fraction of sp³-hybridized carbons (Fsp3) is 0.167. The molecule has 0 unspecified atom stereocenters. The Kier molecular flexibility index (Phi) is 7.05. The van der Waals surface area contributed by atoms with Crippen molar-refractivity contribution in [1.82, 2.24) is 4.90 Å². The molecule has 6 nitrogen and oxygen atoms in total. The van der Waals surface area contributed by atoms with Crippen LogP contribution < -0.4 is 15.4 Å². The van der Waals surface area contributed by atoms with Gasteiger partial charge < -0.3 is 20.3 Å². The lowest BCUT2D eigenvalue weighted by Gasteiger charge is -2.14. The molecule has 0 aromatic heterocycles. The van der Waals surface area contributed by atoms with Crippen molar-refractivity contribution < 1.29 is 14.3 Å². The Morgan fingerprint density at radius 1 is 0.900 bits per heavy atom. The van der Waals surface area contributed by atoms with Gasteiger partial charge >= 0.3 is 0 Å². The SMILES string of the molecule is CN(C)C(=O)c1cccc(NC(=O)CNc2ccccc2OCc2ccccc2)c1. The topological polar surface area (TPSA) is 70.7 Å². The van der Waals surface area contributed by atoms with Gasteiger partial charge in [-0.3, -0.25) is 9.59 Å². The number of ether oxygens (including phenoxy) is 1. The zero-order chi connectivity index (χ0) is 21.3. The number of para-hydroxylation sites is 2. The van der Waals surface area contributed by atoms with E-state index in [-0.39, 0.29) is 18.4 Å². The molecule has 0 bridgehead atoms. The Hall–Kier alpha value is -3.80. The highest BCUT2D eigenvalue weighted by molar-refractivity contribution is 5.98. The molecule has 3 aromatic rings. The predicted octanol–water partition coefficient (Wildman–Crippen LogP) is 4.02. The lowest BCUT2D eigenvalue weighted by molar-refractivity contribution is -0.114. The standard InChI is InChI=1S/C24H25N3O3/c1-27(2)24(29)19-11-8-12-20(15-19)26-23(28)16-25-21-13-6-7-14-22(21)30-17-18-9-4-3-5-10-18/h3-15,25H,16-17H2,1-2H3,(H,26,28). The average Bonchev–Trinajstić information content (AvgIpc) is 2.77. The first-order valence-electron chi connectivity index (χ1n) is 9.64. The summed E-state index contributed by atoms with van der Waals surface area (Å²) in [5.74, 6) is 0.337. The second kappa shape index (κ2) is 10.1. The Balaban J connectivity index is 1.57. The summed E-state index contributed by atoms with van der Waals surface area (Å²) in [6, 6.07) is 24.3. The predicted molar refractivity (Wildman–Crippen MR) is 119 cm³/mol. The zero-order valence-electron chi connectivity index (χ0n) is 17.1. The Morgan fingerprint density at radius 2 is 1.63 bits per heavy atom. The van der Waals surface area contributed by atoms with Gasteiger partial charge in [0, 0.05) is 25.3 Å². The van der Waals surface area contributed by atoms with E-state index in [4.69, 9.17) is 4.74 Å². The molecule has 0 fully saturated rings. The highest BCUT2D eigenvalue weighted by Gasteiger charge is 2.10. The normalized spacial score (nSPS) is 10.2. The summed E-state index contributed by atoms with van der Waals surface area (Å²) >= 11 is 0. The molecule has 2 N–H and O–H groups in total. The number of carbonyl (C=O) groups is 2. The van der Waals surface area contributed by atoms with Crippen LogP contribution in [0.25, 0.3) is 0 Å². The number of carbonyl (C=O) groups excluding carboxylic acids is 2. The van der Waals surface area contributed by atoms with Crippen molar-refractivity contribution in [2.24, 2.45) is 0 Å². The third-order valence-electron chi connectivity index (χ3n) is 4.36. The molecule has 0 atom stereocenters. The third-order valence-corrected chi connectivity index (χ3v) is 4.36. The van der Waals surface area contributed by atoms with Crippen LogP contribution in [-0.2, 0) is 11.4 Å². The maximum atomic E-state index is 12.4. The molecule has 0 heterocycles. The monoisotopic (exact) mass is 403 g/mol. The molecule has 6 heteroatoms. The fourth-order valence-corrected chi connectivity index (χ4v) is 2.84. The van der Waals surface area contributed by atoms with E-state index in [9.17, 15) is 9.59 Å². The molecule has 0 aliphatic rings. The van der Waals surface area contributed by atoms with E-state index in [2.05, 4.69) is 10.6 Å². The van der Waals surface area contributed by atoms with Crippen LogP contribution in [-0.4, -0.2) is 37.4 Å². The van der Waals surface area contributed by atoms with Gasteiger partial charge in [0.2, 0.25) is 5.91 Å². The number of nitrogens with one attached hydrogen (secondary N) is 2. The van der Waals surface area contributed by atoms with Gasteiger partial charge in [0.05, 0.1) is 12.2 Å². The van der Waals surface area contributed by atoms with Gasteiger partial charge in [-0.1, -0.05) is 48.5 Å². The summed E-state index contributed by atoms with van der Waals surface area (Å²) < 4.78 is 5.90. The number of hydrogen-bond acceptors (Lipinski definition) is 4. The van der Waals surface area contributed by atoms with Gasteiger partial charge in [-0.25, -0.2) is 0 Å². The molecule has 3 aromatic carbocycles. The fourth-order valence-electron chi connectivity index (χ4n) is 2.84. The number of amides is 2. The zero-order valence-corrected chi connectivity index (χ0v) is 17.1. The molecular formula is C24H25N3O3. The van der Waals surface area contributed by atoms with Crippen molar-refractivity contribution in [2.75, 3.05) is 31.3 Å². The van der Waals surface area contributed by atoms with Crippen LogP contribution in [0.5, 0.6) is 5.75 Å². The second-order valence-corrected chi connectivity index (χ2v) is 6.95. The molecule has 154 valence electrons. The summed E-state index contributed by atoms with van der Waals surface area (Å²) in [6.45, 7) is 0.510. The Labute approximate surface area is 176 Å². The van der Waals surface area contributed by atoms with E-state index in [1.807, 2.05) is 54.6 Å². The quantitative estimate of drug-likeness (QED) is 0.596. The number of benzene rings is 3. The molecular weight excluding hydrogens is 378 g/mol. The van der Waals surface area contributed by atoms with Crippen LogP contribution in [0.4, 0.5) is 11.4 Å². The highest BCUT2D eigenvalue weighted by atomic mass is 16.5. The maximum Gasteiger partial charge on any atom is 0.253 e. The van der Waals surface area contributed by atoms with Gasteiger partial charge in [-0.2, -0.15) is 0 Å². The lowest BCUT2D eigenvalue weighted by Crippen LogP contribution is -2.23. The smallest absolute Gasteiger partial charge is 0.253 e. The highest BCUT2D eigenvalue weighted by Crippen LogP contribution is 2.24. The first-order valence-corrected chi connectivity index (χ1v) is 9.64. The summed E-state index contributed by atoms with van der Waals surface area (Å²) in [7, 11) is 3.38. The van der Waals surface area contributed by atoms with Crippen molar-refractivity contribution in [3.05, 3.63) is 90.0 Å². The minimum absolute atomic E-state index is 0.0670. The van der Waals surface area contributed by atoms with Crippen molar-refractivity contribution in [1.29, 1.82) is 0 Å². The first-order chi connectivity index (χ1) is 14.5. The van der Waals surface area contributed by atoms with Crippen LogP contribution in [0, 0.1) is 0 Å². The molecule has 0 saturated heterocycles. The maximum absolute atomic E-state index is 12.4. The van der Waals surface area contributed by atoms with Crippen LogP contribution in [0.2, 0.25) is 0 Å². The average molecular weight is 403 g/mol. The van der Waals surface area contributed by atoms with Crippen molar-refractivity contribution in [3.63, 3.8) is 0 Å². The van der Waals surface area contributed by atoms with Crippen LogP contribution in [0.1, 0.15) is 15.9 Å². The van der Waals surface area contributed by atoms with E-state index in [1.54, 1.807) is 38.4 Å². The molecule has 0 aliphatic carbocycles. The number of hydrogen-bond donors (Lipinski definition) is 2. The number of anilines is 2. The van der Waals surface area contributed by atoms with Crippen molar-refractivity contribution >= 4 is 23.2 Å². The minimum Gasteiger partial charge on any atom is -0.487 e. The van der Waals surface area contributed by atoms with Gasteiger partial charge in [-0.05, 0) is 35.9 Å². The molecule has 0 radical (unpaired) electrons. The van der Waals surface area contributed by atoms with E-state index in [0.717, 1.165) is 11.3 Å². The molecule has 3 rings (SSSR count). The van der Waals surface area contributed by atoms with E-state index in [0.29, 0.717) is 23.6 Å². The first kappa shape index (κ1) is 20.9. The largest absolute Gasteiger partial charge is 0.487 e. The minimum atomic E-state index is -0.220. The molecule has 0 saturated carbocycles. The molecule has 30 heavy (non-hydrogen) atoms. The summed E-state index contributed by atoms with van der Waals surface area (Å²) in [6.07, 6.45) is 0.